The molecule has 29 heavy (non-hydrogen) atoms. The van der Waals surface area contributed by atoms with Crippen molar-refractivity contribution in [3.63, 3.8) is 0 Å². The second kappa shape index (κ2) is 11.6. The number of hydrogen-bond acceptors (Lipinski definition) is 5. The van der Waals surface area contributed by atoms with E-state index in [0.29, 0.717) is 13.1 Å². The molecule has 7 heteroatoms. The summed E-state index contributed by atoms with van der Waals surface area (Å²) in [7, 11) is 0. The zero-order valence-corrected chi connectivity index (χ0v) is 17.9. The van der Waals surface area contributed by atoms with E-state index in [1.165, 1.54) is 32.1 Å². The first-order chi connectivity index (χ1) is 14.1. The molecule has 1 saturated heterocycles. The predicted octanol–water partition coefficient (Wildman–Crippen LogP) is 2.02. The third kappa shape index (κ3) is 8.36. The van der Waals surface area contributed by atoms with Gasteiger partial charge in [-0.15, -0.1) is 0 Å². The number of furan rings is 1. The highest BCUT2D eigenvalue weighted by atomic mass is 16.5. The first-order valence-corrected chi connectivity index (χ1v) is 11.2. The minimum atomic E-state index is -0.863. The third-order valence-corrected chi connectivity index (χ3v) is 5.77. The Balaban J connectivity index is 1.50. The van der Waals surface area contributed by atoms with Crippen LogP contribution in [-0.2, 0) is 11.2 Å². The van der Waals surface area contributed by atoms with Crippen LogP contribution in [0.2, 0.25) is 0 Å². The van der Waals surface area contributed by atoms with E-state index < -0.39 is 5.60 Å². The molecule has 0 spiro atoms. The van der Waals surface area contributed by atoms with Crippen molar-refractivity contribution in [2.24, 2.45) is 10.9 Å². The molecule has 7 nitrogen and oxygen atoms in total. The molecule has 1 unspecified atom stereocenters. The molecule has 0 amide bonds. The normalized spacial score (nSPS) is 21.7. The number of nitrogens with one attached hydrogen (secondary N) is 2. The van der Waals surface area contributed by atoms with Gasteiger partial charge in [-0.3, -0.25) is 9.89 Å². The lowest BCUT2D eigenvalue weighted by molar-refractivity contribution is -0.0180. The van der Waals surface area contributed by atoms with Crippen LogP contribution in [0.5, 0.6) is 0 Å². The van der Waals surface area contributed by atoms with Crippen molar-refractivity contribution < 1.29 is 14.3 Å². The van der Waals surface area contributed by atoms with E-state index in [-0.39, 0.29) is 0 Å². The molecule has 2 aliphatic rings. The Morgan fingerprint density at radius 3 is 2.76 bits per heavy atom. The smallest absolute Gasteiger partial charge is 0.191 e. The average molecular weight is 407 g/mol. The van der Waals surface area contributed by atoms with Gasteiger partial charge in [0.2, 0.25) is 0 Å². The van der Waals surface area contributed by atoms with Crippen molar-refractivity contribution in [3.05, 3.63) is 24.2 Å². The summed E-state index contributed by atoms with van der Waals surface area (Å²) in [6.45, 7) is 7.75. The van der Waals surface area contributed by atoms with Crippen molar-refractivity contribution in [1.82, 2.24) is 15.5 Å². The fourth-order valence-corrected chi connectivity index (χ4v) is 4.11. The van der Waals surface area contributed by atoms with E-state index >= 15 is 0 Å². The molecule has 0 bridgehead atoms. The SMILES string of the molecule is CC(O)(CN=C(NCCc1ccco1)NCC1CCCCC1)CN1CCOCC1. The highest BCUT2D eigenvalue weighted by molar-refractivity contribution is 5.79. The average Bonchev–Trinajstić information content (AvgIpc) is 3.24. The molecule has 1 aromatic heterocycles. The van der Waals surface area contributed by atoms with Crippen LogP contribution in [0.1, 0.15) is 44.8 Å². The fraction of sp³-hybridized carbons (Fsp3) is 0.773. The van der Waals surface area contributed by atoms with Gasteiger partial charge in [-0.05, 0) is 37.8 Å². The van der Waals surface area contributed by atoms with Crippen molar-refractivity contribution in [2.45, 2.75) is 51.0 Å². The van der Waals surface area contributed by atoms with Gasteiger partial charge in [0.25, 0.3) is 0 Å². The Morgan fingerprint density at radius 1 is 1.24 bits per heavy atom. The second-order valence-corrected chi connectivity index (χ2v) is 8.69. The molecular weight excluding hydrogens is 368 g/mol. The highest BCUT2D eigenvalue weighted by Crippen LogP contribution is 2.22. The summed E-state index contributed by atoms with van der Waals surface area (Å²) in [5.74, 6) is 2.46. The van der Waals surface area contributed by atoms with Crippen LogP contribution in [0, 0.1) is 5.92 Å². The maximum Gasteiger partial charge on any atom is 0.191 e. The molecule has 0 aromatic carbocycles. The minimum absolute atomic E-state index is 0.366. The van der Waals surface area contributed by atoms with Crippen molar-refractivity contribution in [1.29, 1.82) is 0 Å². The fourth-order valence-electron chi connectivity index (χ4n) is 4.11. The summed E-state index contributed by atoms with van der Waals surface area (Å²) in [5, 5.41) is 17.8. The summed E-state index contributed by atoms with van der Waals surface area (Å²) >= 11 is 0. The zero-order valence-electron chi connectivity index (χ0n) is 17.9. The number of hydrogen-bond donors (Lipinski definition) is 3. The quantitative estimate of drug-likeness (QED) is 0.430. The maximum absolute atomic E-state index is 10.8. The van der Waals surface area contributed by atoms with Crippen molar-refractivity contribution >= 4 is 5.96 Å². The predicted molar refractivity (Wildman–Crippen MR) is 115 cm³/mol. The first-order valence-electron chi connectivity index (χ1n) is 11.2. The van der Waals surface area contributed by atoms with Gasteiger partial charge in [-0.2, -0.15) is 0 Å². The van der Waals surface area contributed by atoms with Gasteiger partial charge >= 0.3 is 0 Å². The Bertz CT molecular complexity index is 591. The van der Waals surface area contributed by atoms with Gasteiger partial charge in [0.15, 0.2) is 5.96 Å². The zero-order chi connectivity index (χ0) is 20.4. The standard InChI is InChI=1S/C22H38N4O3/c1-22(27,18-26-11-14-28-15-12-26)17-25-21(23-10-9-20-8-5-13-29-20)24-16-19-6-3-2-4-7-19/h5,8,13,19,27H,2-4,6-7,9-12,14-18H2,1H3,(H2,23,24,25). The molecule has 2 fully saturated rings. The largest absolute Gasteiger partial charge is 0.469 e. The molecule has 3 N–H and O–H groups in total. The van der Waals surface area contributed by atoms with Crippen LogP contribution in [0.15, 0.2) is 27.8 Å². The lowest BCUT2D eigenvalue weighted by atomic mass is 9.89. The van der Waals surface area contributed by atoms with Crippen LogP contribution in [0.4, 0.5) is 0 Å². The first kappa shape index (κ1) is 22.1. The Morgan fingerprint density at radius 2 is 2.03 bits per heavy atom. The lowest BCUT2D eigenvalue weighted by Crippen LogP contribution is -2.48. The van der Waals surface area contributed by atoms with Crippen LogP contribution in [0.3, 0.4) is 0 Å². The van der Waals surface area contributed by atoms with E-state index in [0.717, 1.165) is 63.5 Å². The van der Waals surface area contributed by atoms with E-state index in [1.807, 2.05) is 19.1 Å². The molecule has 1 aliphatic carbocycles. The molecule has 0 radical (unpaired) electrons. The number of ether oxygens (including phenoxy) is 1. The van der Waals surface area contributed by atoms with Gasteiger partial charge in [0.05, 0.1) is 31.6 Å². The van der Waals surface area contributed by atoms with Crippen molar-refractivity contribution in [3.8, 4) is 0 Å². The van der Waals surface area contributed by atoms with Crippen molar-refractivity contribution in [2.75, 3.05) is 52.5 Å². The summed E-state index contributed by atoms with van der Waals surface area (Å²) in [6.07, 6.45) is 9.12. The molecule has 1 atom stereocenters. The van der Waals surface area contributed by atoms with E-state index in [2.05, 4.69) is 15.5 Å². The molecular formula is C22H38N4O3. The molecule has 2 heterocycles. The molecule has 1 aromatic rings. The topological polar surface area (TPSA) is 82.3 Å². The number of β-amino-alcohol motifs (C(OH)–C–C–N with tert-alkyl or cyclic N) is 1. The summed E-state index contributed by atoms with van der Waals surface area (Å²) in [6, 6.07) is 3.90. The van der Waals surface area contributed by atoms with Crippen LogP contribution < -0.4 is 10.6 Å². The van der Waals surface area contributed by atoms with Gasteiger partial charge in [-0.25, -0.2) is 0 Å². The van der Waals surface area contributed by atoms with Gasteiger partial charge in [0.1, 0.15) is 5.76 Å². The van der Waals surface area contributed by atoms with E-state index in [9.17, 15) is 5.11 Å². The van der Waals surface area contributed by atoms with Crippen LogP contribution in [-0.4, -0.2) is 74.0 Å². The summed E-state index contributed by atoms with van der Waals surface area (Å²) in [4.78, 5) is 6.97. The molecule has 1 saturated carbocycles. The highest BCUT2D eigenvalue weighted by Gasteiger charge is 2.25. The third-order valence-electron chi connectivity index (χ3n) is 5.77. The van der Waals surface area contributed by atoms with Gasteiger partial charge in [-0.1, -0.05) is 19.3 Å². The number of guanidine groups is 1. The van der Waals surface area contributed by atoms with Gasteiger partial charge < -0.3 is 24.9 Å². The summed E-state index contributed by atoms with van der Waals surface area (Å²) < 4.78 is 10.8. The Hall–Kier alpha value is -1.57. The van der Waals surface area contributed by atoms with Crippen LogP contribution >= 0.6 is 0 Å². The minimum Gasteiger partial charge on any atom is -0.469 e. The second-order valence-electron chi connectivity index (χ2n) is 8.69. The maximum atomic E-state index is 10.8. The molecule has 164 valence electrons. The number of rotatable bonds is 9. The van der Waals surface area contributed by atoms with Gasteiger partial charge in [0, 0.05) is 39.1 Å². The number of aliphatic imine (C=N–C) groups is 1. The van der Waals surface area contributed by atoms with E-state index in [4.69, 9.17) is 14.1 Å². The monoisotopic (exact) mass is 406 g/mol. The Labute approximate surface area is 174 Å². The number of aliphatic hydroxyl groups is 1. The Kier molecular flexibility index (Phi) is 8.83. The molecule has 3 rings (SSSR count). The van der Waals surface area contributed by atoms with E-state index in [1.54, 1.807) is 6.26 Å². The number of nitrogens with zero attached hydrogens (tertiary/aromatic N) is 2. The number of morpholine rings is 1. The van der Waals surface area contributed by atoms with Crippen LogP contribution in [0.25, 0.3) is 0 Å². The molecule has 1 aliphatic heterocycles. The summed E-state index contributed by atoms with van der Waals surface area (Å²) in [5.41, 5.74) is -0.863. The lowest BCUT2D eigenvalue weighted by Gasteiger charge is -2.33.